The Kier molecular flexibility index (Phi) is 4.09. The molecule has 2 N–H and O–H groups in total. The number of benzene rings is 1. The SMILES string of the molecule is COc1ccc(Nc2nc(C)cc(Nc3cc(C)on3)n2)cc1. The second-order valence-corrected chi connectivity index (χ2v) is 5.02. The summed E-state index contributed by atoms with van der Waals surface area (Å²) in [5, 5.41) is 10.2. The van der Waals surface area contributed by atoms with Gasteiger partial charge in [-0.3, -0.25) is 0 Å². The second-order valence-electron chi connectivity index (χ2n) is 5.02. The molecule has 0 aliphatic rings. The van der Waals surface area contributed by atoms with Gasteiger partial charge in [-0.05, 0) is 38.1 Å². The standard InChI is InChI=1S/C16H17N5O2/c1-10-8-14(19-15-9-11(2)23-21-15)20-16(17-10)18-12-4-6-13(22-3)7-5-12/h4-9H,1-3H3,(H2,17,18,19,20,21). The van der Waals surface area contributed by atoms with Crippen LogP contribution in [-0.4, -0.2) is 22.2 Å². The lowest BCUT2D eigenvalue weighted by Crippen LogP contribution is -2.02. The summed E-state index contributed by atoms with van der Waals surface area (Å²) >= 11 is 0. The predicted octanol–water partition coefficient (Wildman–Crippen LogP) is 3.58. The van der Waals surface area contributed by atoms with Crippen LogP contribution >= 0.6 is 0 Å². The highest BCUT2D eigenvalue weighted by Crippen LogP contribution is 2.20. The molecule has 0 spiro atoms. The van der Waals surface area contributed by atoms with Crippen LogP contribution in [0.3, 0.4) is 0 Å². The molecule has 7 heteroatoms. The monoisotopic (exact) mass is 311 g/mol. The summed E-state index contributed by atoms with van der Waals surface area (Å²) in [4.78, 5) is 8.81. The molecule has 0 amide bonds. The van der Waals surface area contributed by atoms with Crippen molar-refractivity contribution in [3.8, 4) is 5.75 Å². The maximum absolute atomic E-state index is 5.14. The van der Waals surface area contributed by atoms with Gasteiger partial charge in [-0.25, -0.2) is 4.98 Å². The Balaban J connectivity index is 1.79. The number of ether oxygens (including phenoxy) is 1. The predicted molar refractivity (Wildman–Crippen MR) is 87.6 cm³/mol. The second kappa shape index (κ2) is 6.35. The Morgan fingerprint density at radius 2 is 1.74 bits per heavy atom. The van der Waals surface area contributed by atoms with E-state index in [0.29, 0.717) is 17.6 Å². The highest BCUT2D eigenvalue weighted by Gasteiger charge is 2.06. The highest BCUT2D eigenvalue weighted by molar-refractivity contribution is 5.58. The summed E-state index contributed by atoms with van der Waals surface area (Å²) in [5.41, 5.74) is 1.71. The summed E-state index contributed by atoms with van der Waals surface area (Å²) in [6, 6.07) is 11.2. The minimum atomic E-state index is 0.498. The van der Waals surface area contributed by atoms with Gasteiger partial charge >= 0.3 is 0 Å². The van der Waals surface area contributed by atoms with E-state index in [2.05, 4.69) is 25.8 Å². The molecule has 0 atom stereocenters. The maximum atomic E-state index is 5.14. The first kappa shape index (κ1) is 14.8. The van der Waals surface area contributed by atoms with Crippen molar-refractivity contribution in [3.05, 3.63) is 47.9 Å². The molecule has 23 heavy (non-hydrogen) atoms. The number of nitrogens with one attached hydrogen (secondary N) is 2. The van der Waals surface area contributed by atoms with Crippen LogP contribution in [0.4, 0.5) is 23.3 Å². The summed E-state index contributed by atoms with van der Waals surface area (Å²) < 4.78 is 10.2. The van der Waals surface area contributed by atoms with Crippen LogP contribution in [0.25, 0.3) is 0 Å². The van der Waals surface area contributed by atoms with Crippen LogP contribution in [0.1, 0.15) is 11.5 Å². The van der Waals surface area contributed by atoms with E-state index in [0.717, 1.165) is 22.9 Å². The number of methoxy groups -OCH3 is 1. The molecule has 1 aromatic carbocycles. The van der Waals surface area contributed by atoms with Crippen molar-refractivity contribution in [1.82, 2.24) is 15.1 Å². The fourth-order valence-electron chi connectivity index (χ4n) is 2.05. The van der Waals surface area contributed by atoms with Gasteiger partial charge < -0.3 is 19.9 Å². The van der Waals surface area contributed by atoms with Crippen LogP contribution in [0.5, 0.6) is 5.75 Å². The van der Waals surface area contributed by atoms with Crippen LogP contribution in [0.2, 0.25) is 0 Å². The van der Waals surface area contributed by atoms with Gasteiger partial charge in [0.2, 0.25) is 5.95 Å². The van der Waals surface area contributed by atoms with E-state index in [-0.39, 0.29) is 0 Å². The Labute approximate surface area is 133 Å². The average molecular weight is 311 g/mol. The molecule has 0 aliphatic heterocycles. The van der Waals surface area contributed by atoms with E-state index in [9.17, 15) is 0 Å². The number of hydrogen-bond acceptors (Lipinski definition) is 7. The lowest BCUT2D eigenvalue weighted by molar-refractivity contribution is 0.400. The molecule has 0 bridgehead atoms. The first-order valence-corrected chi connectivity index (χ1v) is 7.09. The third kappa shape index (κ3) is 3.76. The van der Waals surface area contributed by atoms with Gasteiger partial charge in [-0.15, -0.1) is 0 Å². The minimum absolute atomic E-state index is 0.498. The van der Waals surface area contributed by atoms with E-state index in [1.54, 1.807) is 13.2 Å². The fraction of sp³-hybridized carbons (Fsp3) is 0.188. The highest BCUT2D eigenvalue weighted by atomic mass is 16.5. The largest absolute Gasteiger partial charge is 0.497 e. The molecular weight excluding hydrogens is 294 g/mol. The van der Waals surface area contributed by atoms with Crippen molar-refractivity contribution in [2.45, 2.75) is 13.8 Å². The Bertz CT molecular complexity index is 798. The number of anilines is 4. The zero-order valence-corrected chi connectivity index (χ0v) is 13.1. The molecule has 0 fully saturated rings. The number of hydrogen-bond donors (Lipinski definition) is 2. The van der Waals surface area contributed by atoms with Gasteiger partial charge in [0.05, 0.1) is 7.11 Å². The molecule has 3 rings (SSSR count). The summed E-state index contributed by atoms with van der Waals surface area (Å²) in [6.07, 6.45) is 0. The van der Waals surface area contributed by atoms with Gasteiger partial charge in [0.15, 0.2) is 5.82 Å². The molecule has 3 aromatic rings. The quantitative estimate of drug-likeness (QED) is 0.745. The number of aromatic nitrogens is 3. The fourth-order valence-corrected chi connectivity index (χ4v) is 2.05. The number of rotatable bonds is 5. The first-order chi connectivity index (χ1) is 11.1. The zero-order chi connectivity index (χ0) is 16.2. The Hall–Kier alpha value is -3.09. The van der Waals surface area contributed by atoms with Crippen LogP contribution in [-0.2, 0) is 0 Å². The van der Waals surface area contributed by atoms with Crippen molar-refractivity contribution >= 4 is 23.3 Å². The summed E-state index contributed by atoms with van der Waals surface area (Å²) in [7, 11) is 1.63. The van der Waals surface area contributed by atoms with Crippen molar-refractivity contribution in [1.29, 1.82) is 0 Å². The molecule has 7 nitrogen and oxygen atoms in total. The van der Waals surface area contributed by atoms with Gasteiger partial charge in [0.25, 0.3) is 0 Å². The van der Waals surface area contributed by atoms with E-state index in [4.69, 9.17) is 9.26 Å². The van der Waals surface area contributed by atoms with Crippen molar-refractivity contribution < 1.29 is 9.26 Å². The third-order valence-electron chi connectivity index (χ3n) is 3.08. The maximum Gasteiger partial charge on any atom is 0.229 e. The van der Waals surface area contributed by atoms with Crippen LogP contribution < -0.4 is 15.4 Å². The third-order valence-corrected chi connectivity index (χ3v) is 3.08. The Morgan fingerprint density at radius 1 is 0.957 bits per heavy atom. The molecule has 2 aromatic heterocycles. The number of aryl methyl sites for hydroxylation is 2. The van der Waals surface area contributed by atoms with Crippen LogP contribution in [0, 0.1) is 13.8 Å². The first-order valence-electron chi connectivity index (χ1n) is 7.09. The van der Waals surface area contributed by atoms with Gasteiger partial charge in [0, 0.05) is 23.5 Å². The molecule has 0 saturated heterocycles. The van der Waals surface area contributed by atoms with Crippen LogP contribution in [0.15, 0.2) is 40.9 Å². The smallest absolute Gasteiger partial charge is 0.229 e. The van der Waals surface area contributed by atoms with Gasteiger partial charge in [0.1, 0.15) is 17.3 Å². The van der Waals surface area contributed by atoms with E-state index >= 15 is 0 Å². The summed E-state index contributed by atoms with van der Waals surface area (Å²) in [5.74, 6) is 3.27. The average Bonchev–Trinajstić information content (AvgIpc) is 2.92. The van der Waals surface area contributed by atoms with Crippen molar-refractivity contribution in [2.24, 2.45) is 0 Å². The van der Waals surface area contributed by atoms with E-state index in [1.165, 1.54) is 0 Å². The number of nitrogens with zero attached hydrogens (tertiary/aromatic N) is 3. The zero-order valence-electron chi connectivity index (χ0n) is 13.1. The lowest BCUT2D eigenvalue weighted by atomic mass is 10.3. The van der Waals surface area contributed by atoms with Gasteiger partial charge in [-0.2, -0.15) is 4.98 Å². The Morgan fingerprint density at radius 3 is 2.39 bits per heavy atom. The summed E-state index contributed by atoms with van der Waals surface area (Å²) in [6.45, 7) is 3.74. The molecule has 0 radical (unpaired) electrons. The lowest BCUT2D eigenvalue weighted by Gasteiger charge is -2.09. The van der Waals surface area contributed by atoms with E-state index in [1.807, 2.05) is 44.2 Å². The normalized spacial score (nSPS) is 10.4. The molecular formula is C16H17N5O2. The molecule has 118 valence electrons. The molecule has 0 saturated carbocycles. The van der Waals surface area contributed by atoms with Gasteiger partial charge in [-0.1, -0.05) is 5.16 Å². The minimum Gasteiger partial charge on any atom is -0.497 e. The van der Waals surface area contributed by atoms with Crippen molar-refractivity contribution in [2.75, 3.05) is 17.7 Å². The molecule has 0 aliphatic carbocycles. The molecule has 0 unspecified atom stereocenters. The molecule has 2 heterocycles. The van der Waals surface area contributed by atoms with E-state index < -0.39 is 0 Å². The van der Waals surface area contributed by atoms with Crippen molar-refractivity contribution in [3.63, 3.8) is 0 Å². The topological polar surface area (TPSA) is 85.1 Å².